The molecule has 0 N–H and O–H groups in total. The first-order chi connectivity index (χ1) is 7.45. The third-order valence-electron chi connectivity index (χ3n) is 2.76. The van der Waals surface area contributed by atoms with Gasteiger partial charge in [0.2, 0.25) is 0 Å². The summed E-state index contributed by atoms with van der Waals surface area (Å²) in [6.07, 6.45) is 0. The van der Waals surface area contributed by atoms with Crippen LogP contribution in [0, 0.1) is 0 Å². The molecule has 0 bridgehead atoms. The molecule has 0 amide bonds. The molecule has 88 valence electrons. The molecule has 2 fully saturated rings. The van der Waals surface area contributed by atoms with Crippen molar-refractivity contribution >= 4 is 15.0 Å². The van der Waals surface area contributed by atoms with Crippen molar-refractivity contribution < 1.29 is 9.47 Å². The quantitative estimate of drug-likeness (QED) is 0.634. The van der Waals surface area contributed by atoms with Gasteiger partial charge in [-0.15, -0.1) is 0 Å². The Morgan fingerprint density at radius 1 is 0.733 bits per heavy atom. The second-order valence-electron chi connectivity index (χ2n) is 3.92. The third-order valence-corrected chi connectivity index (χ3v) is 5.05. The Labute approximate surface area is 98.0 Å². The van der Waals surface area contributed by atoms with Crippen LogP contribution in [0.4, 0.5) is 0 Å². The fourth-order valence-electron chi connectivity index (χ4n) is 1.76. The minimum absolute atomic E-state index is 0.731. The van der Waals surface area contributed by atoms with Gasteiger partial charge in [-0.1, -0.05) is 0 Å². The SMILES string of the molecule is C1CN(C[Se]CN2CCOCC2)CCO1. The Bertz CT molecular complexity index is 153. The molecule has 0 atom stereocenters. The van der Waals surface area contributed by atoms with Crippen molar-refractivity contribution in [1.29, 1.82) is 0 Å². The van der Waals surface area contributed by atoms with Gasteiger partial charge in [0, 0.05) is 0 Å². The number of morpholine rings is 2. The second kappa shape index (κ2) is 6.84. The molecule has 0 radical (unpaired) electrons. The summed E-state index contributed by atoms with van der Waals surface area (Å²) in [4.78, 5) is 5.06. The van der Waals surface area contributed by atoms with Crippen molar-refractivity contribution in [3.8, 4) is 0 Å². The summed E-state index contributed by atoms with van der Waals surface area (Å²) >= 11 is 0.731. The van der Waals surface area contributed by atoms with E-state index in [1.165, 1.54) is 10.9 Å². The normalized spacial score (nSPS) is 25.6. The summed E-state index contributed by atoms with van der Waals surface area (Å²) in [5.41, 5.74) is 2.57. The predicted octanol–water partition coefficient (Wildman–Crippen LogP) is -0.730. The van der Waals surface area contributed by atoms with Crippen LogP contribution in [-0.2, 0) is 9.47 Å². The number of rotatable bonds is 4. The molecule has 2 rings (SSSR count). The first kappa shape index (κ1) is 11.8. The molecule has 0 aromatic heterocycles. The van der Waals surface area contributed by atoms with Crippen molar-refractivity contribution in [3.63, 3.8) is 0 Å². The van der Waals surface area contributed by atoms with E-state index < -0.39 is 0 Å². The second-order valence-corrected chi connectivity index (χ2v) is 5.86. The van der Waals surface area contributed by atoms with E-state index in [0.717, 1.165) is 67.6 Å². The zero-order chi connectivity index (χ0) is 10.3. The summed E-state index contributed by atoms with van der Waals surface area (Å²) < 4.78 is 10.7. The van der Waals surface area contributed by atoms with Crippen LogP contribution in [0.2, 0.25) is 0 Å². The minimum atomic E-state index is 0.731. The molecule has 0 saturated carbocycles. The van der Waals surface area contributed by atoms with Crippen LogP contribution in [0.3, 0.4) is 0 Å². The van der Waals surface area contributed by atoms with E-state index in [0.29, 0.717) is 0 Å². The molecule has 0 aromatic rings. The Kier molecular flexibility index (Phi) is 5.39. The topological polar surface area (TPSA) is 24.9 Å². The van der Waals surface area contributed by atoms with Crippen LogP contribution in [0.5, 0.6) is 0 Å². The van der Waals surface area contributed by atoms with Gasteiger partial charge in [-0.25, -0.2) is 0 Å². The first-order valence-electron chi connectivity index (χ1n) is 5.63. The molecular formula is C10H20N2O2Se. The third kappa shape index (κ3) is 4.39. The van der Waals surface area contributed by atoms with Gasteiger partial charge in [-0.3, -0.25) is 0 Å². The van der Waals surface area contributed by atoms with E-state index in [1.807, 2.05) is 0 Å². The predicted molar refractivity (Wildman–Crippen MR) is 60.3 cm³/mol. The van der Waals surface area contributed by atoms with E-state index >= 15 is 0 Å². The average molecular weight is 279 g/mol. The molecular weight excluding hydrogens is 259 g/mol. The molecule has 0 aromatic carbocycles. The molecule has 0 aliphatic carbocycles. The van der Waals surface area contributed by atoms with Gasteiger partial charge < -0.3 is 0 Å². The number of hydrogen-bond donors (Lipinski definition) is 0. The first-order valence-corrected chi connectivity index (χ1v) is 8.05. The Balaban J connectivity index is 1.53. The fraction of sp³-hybridized carbons (Fsp3) is 1.00. The molecule has 5 heteroatoms. The standard InChI is InChI=1S/C10H20N2O2Se/c1-5-13-6-2-11(1)9-15-10-12-3-7-14-8-4-12/h1-10H2. The van der Waals surface area contributed by atoms with Crippen LogP contribution in [0.1, 0.15) is 0 Å². The van der Waals surface area contributed by atoms with Crippen LogP contribution in [-0.4, -0.2) is 88.2 Å². The van der Waals surface area contributed by atoms with E-state index in [2.05, 4.69) is 9.80 Å². The summed E-state index contributed by atoms with van der Waals surface area (Å²) in [6, 6.07) is 0. The van der Waals surface area contributed by atoms with Crippen molar-refractivity contribution in [3.05, 3.63) is 0 Å². The van der Waals surface area contributed by atoms with Gasteiger partial charge in [-0.2, -0.15) is 0 Å². The monoisotopic (exact) mass is 280 g/mol. The zero-order valence-electron chi connectivity index (χ0n) is 9.19. The summed E-state index contributed by atoms with van der Waals surface area (Å²) in [7, 11) is 0. The fourth-order valence-corrected chi connectivity index (χ4v) is 4.10. The molecule has 15 heavy (non-hydrogen) atoms. The van der Waals surface area contributed by atoms with E-state index in [4.69, 9.17) is 9.47 Å². The summed E-state index contributed by atoms with van der Waals surface area (Å²) in [6.45, 7) is 8.22. The molecule has 4 nitrogen and oxygen atoms in total. The van der Waals surface area contributed by atoms with Gasteiger partial charge in [0.1, 0.15) is 0 Å². The van der Waals surface area contributed by atoms with Gasteiger partial charge in [0.25, 0.3) is 0 Å². The van der Waals surface area contributed by atoms with Gasteiger partial charge in [-0.05, 0) is 0 Å². The summed E-state index contributed by atoms with van der Waals surface area (Å²) in [5.74, 6) is 0. The summed E-state index contributed by atoms with van der Waals surface area (Å²) in [5, 5.41) is 0. The Morgan fingerprint density at radius 2 is 1.13 bits per heavy atom. The molecule has 2 saturated heterocycles. The number of nitrogens with zero attached hydrogens (tertiary/aromatic N) is 2. The van der Waals surface area contributed by atoms with Crippen LogP contribution < -0.4 is 0 Å². The maximum atomic E-state index is 5.33. The van der Waals surface area contributed by atoms with Crippen molar-refractivity contribution in [1.82, 2.24) is 9.80 Å². The number of ether oxygens (including phenoxy) is 2. The van der Waals surface area contributed by atoms with Gasteiger partial charge in [0.05, 0.1) is 0 Å². The Hall–Kier alpha value is 0.359. The zero-order valence-corrected chi connectivity index (χ0v) is 10.9. The van der Waals surface area contributed by atoms with E-state index in [9.17, 15) is 0 Å². The molecule has 2 heterocycles. The van der Waals surface area contributed by atoms with Crippen LogP contribution in [0.25, 0.3) is 0 Å². The van der Waals surface area contributed by atoms with Crippen molar-refractivity contribution in [2.75, 3.05) is 63.5 Å². The Morgan fingerprint density at radius 3 is 1.53 bits per heavy atom. The van der Waals surface area contributed by atoms with E-state index in [-0.39, 0.29) is 0 Å². The van der Waals surface area contributed by atoms with Gasteiger partial charge in [0.15, 0.2) is 0 Å². The van der Waals surface area contributed by atoms with Gasteiger partial charge >= 0.3 is 97.7 Å². The van der Waals surface area contributed by atoms with Crippen molar-refractivity contribution in [2.24, 2.45) is 0 Å². The molecule has 0 unspecified atom stereocenters. The molecule has 2 aliphatic rings. The van der Waals surface area contributed by atoms with Crippen LogP contribution in [0.15, 0.2) is 0 Å². The maximum absolute atomic E-state index is 5.33. The average Bonchev–Trinajstić information content (AvgIpc) is 2.32. The number of hydrogen-bond acceptors (Lipinski definition) is 4. The molecule has 2 aliphatic heterocycles. The van der Waals surface area contributed by atoms with E-state index in [1.54, 1.807) is 0 Å². The molecule has 0 spiro atoms. The van der Waals surface area contributed by atoms with Crippen LogP contribution >= 0.6 is 0 Å². The van der Waals surface area contributed by atoms with Crippen molar-refractivity contribution in [2.45, 2.75) is 0 Å².